The first-order chi connectivity index (χ1) is 14.1. The van der Waals surface area contributed by atoms with E-state index in [4.69, 9.17) is 23.0 Å². The van der Waals surface area contributed by atoms with Gasteiger partial charge in [0.05, 0.1) is 26.0 Å². The van der Waals surface area contributed by atoms with Crippen molar-refractivity contribution >= 4 is 16.9 Å². The van der Waals surface area contributed by atoms with Crippen molar-refractivity contribution in [2.24, 2.45) is 0 Å². The maximum atomic E-state index is 12.6. The number of carbonyl (C=O) groups is 1. The Morgan fingerprint density at radius 3 is 2.45 bits per heavy atom. The number of ether oxygens (including phenoxy) is 3. The fourth-order valence-electron chi connectivity index (χ4n) is 2.92. The van der Waals surface area contributed by atoms with Gasteiger partial charge < -0.3 is 23.0 Å². The summed E-state index contributed by atoms with van der Waals surface area (Å²) < 4.78 is 26.3. The predicted molar refractivity (Wildman–Crippen MR) is 105 cm³/mol. The maximum absolute atomic E-state index is 12.6. The van der Waals surface area contributed by atoms with Gasteiger partial charge in [0.15, 0.2) is 0 Å². The van der Waals surface area contributed by atoms with Gasteiger partial charge >= 0.3 is 11.6 Å². The zero-order valence-electron chi connectivity index (χ0n) is 15.6. The van der Waals surface area contributed by atoms with Crippen LogP contribution in [0.3, 0.4) is 0 Å². The van der Waals surface area contributed by atoms with E-state index in [2.05, 4.69) is 0 Å². The van der Waals surface area contributed by atoms with E-state index in [-0.39, 0.29) is 17.1 Å². The number of methoxy groups -OCH3 is 2. The van der Waals surface area contributed by atoms with Crippen LogP contribution in [-0.4, -0.2) is 20.2 Å². The zero-order valence-corrected chi connectivity index (χ0v) is 15.6. The van der Waals surface area contributed by atoms with Gasteiger partial charge in [-0.2, -0.15) is 0 Å². The van der Waals surface area contributed by atoms with Crippen LogP contribution in [0.2, 0.25) is 0 Å². The van der Waals surface area contributed by atoms with Gasteiger partial charge in [-0.15, -0.1) is 0 Å². The number of esters is 1. The van der Waals surface area contributed by atoms with Gasteiger partial charge in [-0.3, -0.25) is 0 Å². The lowest BCUT2D eigenvalue weighted by atomic mass is 10.0. The van der Waals surface area contributed by atoms with Crippen molar-refractivity contribution in [2.45, 2.75) is 0 Å². The van der Waals surface area contributed by atoms with E-state index in [1.54, 1.807) is 49.6 Å². The second kappa shape index (κ2) is 7.55. The van der Waals surface area contributed by atoms with Crippen LogP contribution in [-0.2, 0) is 0 Å². The minimum atomic E-state index is -0.644. The summed E-state index contributed by atoms with van der Waals surface area (Å²) in [5.74, 6) is 0.761. The molecule has 0 unspecified atom stereocenters. The molecule has 0 radical (unpaired) electrons. The van der Waals surface area contributed by atoms with Gasteiger partial charge in [0.25, 0.3) is 0 Å². The summed E-state index contributed by atoms with van der Waals surface area (Å²) in [7, 11) is 3.06. The summed E-state index contributed by atoms with van der Waals surface area (Å²) in [6, 6.07) is 14.7. The van der Waals surface area contributed by atoms with E-state index in [0.717, 1.165) is 0 Å². The van der Waals surface area contributed by atoms with Crippen molar-refractivity contribution in [3.05, 3.63) is 77.0 Å². The van der Waals surface area contributed by atoms with Gasteiger partial charge in [-0.25, -0.2) is 9.59 Å². The Bertz CT molecular complexity index is 1240. The quantitative estimate of drug-likeness (QED) is 0.284. The predicted octanol–water partition coefficient (Wildman–Crippen LogP) is 4.29. The van der Waals surface area contributed by atoms with Crippen LogP contribution in [0.25, 0.3) is 22.1 Å². The van der Waals surface area contributed by atoms with Crippen LogP contribution >= 0.6 is 0 Å². The number of furan rings is 1. The molecule has 0 amide bonds. The SMILES string of the molecule is COc1ccc(OC)c(-c2cc3ccc(OC(=O)c4ccco4)cc3oc2=O)c1. The van der Waals surface area contributed by atoms with Crippen molar-refractivity contribution in [3.63, 3.8) is 0 Å². The molecule has 0 spiro atoms. The minimum Gasteiger partial charge on any atom is -0.497 e. The molecule has 2 aromatic heterocycles. The van der Waals surface area contributed by atoms with Gasteiger partial charge in [0.1, 0.15) is 22.8 Å². The molecule has 0 aliphatic heterocycles. The van der Waals surface area contributed by atoms with Gasteiger partial charge in [0.2, 0.25) is 5.76 Å². The molecule has 0 aliphatic carbocycles. The lowest BCUT2D eigenvalue weighted by Crippen LogP contribution is -2.07. The van der Waals surface area contributed by atoms with E-state index in [1.165, 1.54) is 25.5 Å². The molecule has 0 saturated heterocycles. The molecule has 29 heavy (non-hydrogen) atoms. The molecule has 0 bridgehead atoms. The zero-order chi connectivity index (χ0) is 20.4. The lowest BCUT2D eigenvalue weighted by Gasteiger charge is -2.10. The van der Waals surface area contributed by atoms with Crippen LogP contribution in [0.1, 0.15) is 10.6 Å². The Kier molecular flexibility index (Phi) is 4.78. The Balaban J connectivity index is 1.73. The number of hydrogen-bond acceptors (Lipinski definition) is 7. The average molecular weight is 392 g/mol. The summed E-state index contributed by atoms with van der Waals surface area (Å²) in [6.45, 7) is 0. The number of hydrogen-bond donors (Lipinski definition) is 0. The van der Waals surface area contributed by atoms with E-state index in [0.29, 0.717) is 28.0 Å². The Morgan fingerprint density at radius 1 is 0.897 bits per heavy atom. The Labute approximate surface area is 165 Å². The van der Waals surface area contributed by atoms with Crippen molar-refractivity contribution in [1.82, 2.24) is 0 Å². The minimum absolute atomic E-state index is 0.0759. The Hall–Kier alpha value is -4.00. The number of fused-ring (bicyclic) bond motifs is 1. The van der Waals surface area contributed by atoms with E-state index < -0.39 is 11.6 Å². The van der Waals surface area contributed by atoms with E-state index >= 15 is 0 Å². The first-order valence-electron chi connectivity index (χ1n) is 8.65. The molecule has 0 atom stereocenters. The average Bonchev–Trinajstić information content (AvgIpc) is 3.28. The second-order valence-electron chi connectivity index (χ2n) is 6.08. The molecule has 146 valence electrons. The number of benzene rings is 2. The third-order valence-corrected chi connectivity index (χ3v) is 4.34. The normalized spacial score (nSPS) is 10.7. The molecular formula is C22H16O7. The molecule has 0 N–H and O–H groups in total. The van der Waals surface area contributed by atoms with Gasteiger partial charge in [-0.1, -0.05) is 0 Å². The van der Waals surface area contributed by atoms with Crippen LogP contribution in [0.5, 0.6) is 17.2 Å². The third-order valence-electron chi connectivity index (χ3n) is 4.34. The highest BCUT2D eigenvalue weighted by atomic mass is 16.5. The molecule has 0 aliphatic rings. The van der Waals surface area contributed by atoms with Crippen molar-refractivity contribution in [2.75, 3.05) is 14.2 Å². The second-order valence-corrected chi connectivity index (χ2v) is 6.08. The highest BCUT2D eigenvalue weighted by Crippen LogP contribution is 2.33. The molecule has 0 fully saturated rings. The van der Waals surface area contributed by atoms with Crippen LogP contribution < -0.4 is 19.8 Å². The van der Waals surface area contributed by atoms with Crippen LogP contribution in [0.15, 0.2) is 74.5 Å². The molecule has 4 aromatic rings. The third kappa shape index (κ3) is 3.58. The number of rotatable bonds is 5. The largest absolute Gasteiger partial charge is 0.497 e. The van der Waals surface area contributed by atoms with Gasteiger partial charge in [-0.05, 0) is 48.5 Å². The molecule has 2 aromatic carbocycles. The molecule has 7 nitrogen and oxygen atoms in total. The van der Waals surface area contributed by atoms with Crippen LogP contribution in [0.4, 0.5) is 0 Å². The summed E-state index contributed by atoms with van der Waals surface area (Å²) >= 11 is 0. The summed E-state index contributed by atoms with van der Waals surface area (Å²) in [5.41, 5.74) is 0.605. The van der Waals surface area contributed by atoms with Crippen LogP contribution in [0, 0.1) is 0 Å². The lowest BCUT2D eigenvalue weighted by molar-refractivity contribution is 0.0701. The molecule has 4 rings (SSSR count). The maximum Gasteiger partial charge on any atom is 0.379 e. The van der Waals surface area contributed by atoms with Gasteiger partial charge in [0, 0.05) is 17.0 Å². The van der Waals surface area contributed by atoms with Crippen molar-refractivity contribution in [1.29, 1.82) is 0 Å². The highest BCUT2D eigenvalue weighted by Gasteiger charge is 2.16. The summed E-state index contributed by atoms with van der Waals surface area (Å²) in [5, 5.41) is 0.655. The fourth-order valence-corrected chi connectivity index (χ4v) is 2.92. The number of carbonyl (C=O) groups excluding carboxylic acids is 1. The monoisotopic (exact) mass is 392 g/mol. The molecule has 2 heterocycles. The van der Waals surface area contributed by atoms with E-state index in [1.807, 2.05) is 0 Å². The molecular weight excluding hydrogens is 376 g/mol. The fraction of sp³-hybridized carbons (Fsp3) is 0.0909. The first-order valence-corrected chi connectivity index (χ1v) is 8.65. The summed E-state index contributed by atoms with van der Waals surface area (Å²) in [6.07, 6.45) is 1.38. The Morgan fingerprint density at radius 2 is 1.72 bits per heavy atom. The first kappa shape index (κ1) is 18.4. The van der Waals surface area contributed by atoms with E-state index in [9.17, 15) is 9.59 Å². The molecule has 7 heteroatoms. The smallest absolute Gasteiger partial charge is 0.379 e. The molecule has 0 saturated carbocycles. The topological polar surface area (TPSA) is 88.1 Å². The highest BCUT2D eigenvalue weighted by molar-refractivity contribution is 5.89. The summed E-state index contributed by atoms with van der Waals surface area (Å²) in [4.78, 5) is 24.7. The van der Waals surface area contributed by atoms with Crippen molar-refractivity contribution in [3.8, 4) is 28.4 Å². The standard InChI is InChI=1S/C22H16O7/c1-25-14-7-8-18(26-2)16(11-14)17-10-13-5-6-15(12-20(13)29-21(17)23)28-22(24)19-4-3-9-27-19/h3-12H,1-2H3. The van der Waals surface area contributed by atoms with Crippen molar-refractivity contribution < 1.29 is 27.8 Å².